The second-order valence-electron chi connectivity index (χ2n) is 6.54. The monoisotopic (exact) mass is 428 g/mol. The summed E-state index contributed by atoms with van der Waals surface area (Å²) >= 11 is 12.6. The molecule has 1 atom stereocenters. The van der Waals surface area contributed by atoms with E-state index in [-0.39, 0.29) is 5.91 Å². The van der Waals surface area contributed by atoms with Crippen molar-refractivity contribution in [2.45, 2.75) is 18.9 Å². The summed E-state index contributed by atoms with van der Waals surface area (Å²) in [6.45, 7) is 1.10. The quantitative estimate of drug-likeness (QED) is 0.539. The summed E-state index contributed by atoms with van der Waals surface area (Å²) in [6.07, 6.45) is 8.52. The van der Waals surface area contributed by atoms with Crippen LogP contribution < -0.4 is 10.6 Å². The zero-order valence-corrected chi connectivity index (χ0v) is 17.3. The van der Waals surface area contributed by atoms with E-state index in [4.69, 9.17) is 23.2 Å². The summed E-state index contributed by atoms with van der Waals surface area (Å²) in [7, 11) is 0. The van der Waals surface area contributed by atoms with Gasteiger partial charge in [-0.05, 0) is 47.7 Å². The molecule has 29 heavy (non-hydrogen) atoms. The van der Waals surface area contributed by atoms with Gasteiger partial charge in [0.15, 0.2) is 0 Å². The Morgan fingerprint density at radius 3 is 2.17 bits per heavy atom. The molecule has 2 aromatic heterocycles. The van der Waals surface area contributed by atoms with Crippen molar-refractivity contribution in [2.24, 2.45) is 0 Å². The van der Waals surface area contributed by atoms with Gasteiger partial charge < -0.3 is 10.6 Å². The molecule has 0 saturated heterocycles. The van der Waals surface area contributed by atoms with Crippen molar-refractivity contribution in [2.75, 3.05) is 13.1 Å². The average molecular weight is 429 g/mol. The zero-order chi connectivity index (χ0) is 20.5. The molecule has 0 aliphatic rings. The molecule has 0 aliphatic carbocycles. The van der Waals surface area contributed by atoms with Gasteiger partial charge in [-0.25, -0.2) is 0 Å². The highest BCUT2D eigenvalue weighted by molar-refractivity contribution is 6.42. The predicted octanol–water partition coefficient (Wildman–Crippen LogP) is 4.02. The first kappa shape index (κ1) is 21.2. The number of nitrogens with one attached hydrogen (secondary N) is 2. The van der Waals surface area contributed by atoms with Crippen LogP contribution in [0.15, 0.2) is 67.3 Å². The summed E-state index contributed by atoms with van der Waals surface area (Å²) in [5, 5.41) is 7.09. The van der Waals surface area contributed by atoms with Crippen molar-refractivity contribution in [1.29, 1.82) is 0 Å². The minimum Gasteiger partial charge on any atom is -0.354 e. The van der Waals surface area contributed by atoms with E-state index in [1.54, 1.807) is 30.7 Å². The van der Waals surface area contributed by atoms with E-state index in [0.29, 0.717) is 35.1 Å². The largest absolute Gasteiger partial charge is 0.354 e. The number of pyridine rings is 2. The summed E-state index contributed by atoms with van der Waals surface area (Å²) in [6, 6.07) is 12.5. The molecule has 1 unspecified atom stereocenters. The molecule has 2 N–H and O–H groups in total. The topological polar surface area (TPSA) is 66.9 Å². The van der Waals surface area contributed by atoms with Crippen molar-refractivity contribution in [3.63, 3.8) is 0 Å². The highest BCUT2D eigenvalue weighted by atomic mass is 35.5. The molecule has 0 radical (unpaired) electrons. The van der Waals surface area contributed by atoms with Gasteiger partial charge in [-0.1, -0.05) is 47.5 Å². The van der Waals surface area contributed by atoms with E-state index in [2.05, 4.69) is 20.6 Å². The van der Waals surface area contributed by atoms with E-state index >= 15 is 0 Å². The standard InChI is InChI=1S/C22H22Cl2N4O/c23-19-7-1-6-18(20(19)24)21(27-12-8-16-4-2-10-25-14-16)22(29)28-13-9-17-5-3-11-26-15-17/h1-7,10-11,14-15,21,27H,8-9,12-13H2,(H,28,29). The second kappa shape index (κ2) is 10.9. The number of hydrogen-bond acceptors (Lipinski definition) is 4. The molecule has 1 amide bonds. The Labute approximate surface area is 180 Å². The fourth-order valence-corrected chi connectivity index (χ4v) is 3.39. The SMILES string of the molecule is O=C(NCCc1cccnc1)C(NCCc1cccnc1)c1cccc(Cl)c1Cl. The summed E-state index contributed by atoms with van der Waals surface area (Å²) < 4.78 is 0. The number of nitrogens with zero attached hydrogens (tertiary/aromatic N) is 2. The zero-order valence-electron chi connectivity index (χ0n) is 15.8. The van der Waals surface area contributed by atoms with E-state index in [1.807, 2.05) is 36.5 Å². The Morgan fingerprint density at radius 1 is 0.897 bits per heavy atom. The number of hydrogen-bond donors (Lipinski definition) is 2. The maximum atomic E-state index is 12.9. The third kappa shape index (κ3) is 6.26. The van der Waals surface area contributed by atoms with Crippen molar-refractivity contribution in [3.8, 4) is 0 Å². The van der Waals surface area contributed by atoms with Gasteiger partial charge in [0.1, 0.15) is 6.04 Å². The Balaban J connectivity index is 1.66. The molecule has 5 nitrogen and oxygen atoms in total. The summed E-state index contributed by atoms with van der Waals surface area (Å²) in [5.74, 6) is -0.149. The van der Waals surface area contributed by atoms with Gasteiger partial charge in [-0.15, -0.1) is 0 Å². The number of amides is 1. The molecule has 0 aliphatic heterocycles. The molecule has 3 rings (SSSR count). The van der Waals surface area contributed by atoms with Gasteiger partial charge in [0.25, 0.3) is 0 Å². The van der Waals surface area contributed by atoms with Gasteiger partial charge in [0, 0.05) is 37.9 Å². The normalized spacial score (nSPS) is 11.8. The van der Waals surface area contributed by atoms with Gasteiger partial charge in [0.2, 0.25) is 5.91 Å². The predicted molar refractivity (Wildman–Crippen MR) is 116 cm³/mol. The molecule has 2 heterocycles. The van der Waals surface area contributed by atoms with E-state index < -0.39 is 6.04 Å². The molecule has 150 valence electrons. The van der Waals surface area contributed by atoms with E-state index in [9.17, 15) is 4.79 Å². The van der Waals surface area contributed by atoms with E-state index in [1.165, 1.54) is 0 Å². The Kier molecular flexibility index (Phi) is 7.99. The summed E-state index contributed by atoms with van der Waals surface area (Å²) in [4.78, 5) is 21.1. The van der Waals surface area contributed by atoms with Crippen LogP contribution in [0.2, 0.25) is 10.0 Å². The van der Waals surface area contributed by atoms with Crippen LogP contribution in [0.1, 0.15) is 22.7 Å². The van der Waals surface area contributed by atoms with Crippen molar-refractivity contribution < 1.29 is 4.79 Å². The smallest absolute Gasteiger partial charge is 0.241 e. The third-order valence-corrected chi connectivity index (χ3v) is 5.31. The fraction of sp³-hybridized carbons (Fsp3) is 0.227. The van der Waals surface area contributed by atoms with Crippen LogP contribution in [0.5, 0.6) is 0 Å². The number of carbonyl (C=O) groups is 1. The second-order valence-corrected chi connectivity index (χ2v) is 7.33. The molecular weight excluding hydrogens is 407 g/mol. The van der Waals surface area contributed by atoms with Crippen LogP contribution in [0.25, 0.3) is 0 Å². The number of aromatic nitrogens is 2. The van der Waals surface area contributed by atoms with E-state index in [0.717, 1.165) is 17.5 Å². The lowest BCUT2D eigenvalue weighted by Crippen LogP contribution is -2.39. The van der Waals surface area contributed by atoms with Crippen molar-refractivity contribution in [1.82, 2.24) is 20.6 Å². The maximum absolute atomic E-state index is 12.9. The Morgan fingerprint density at radius 2 is 1.55 bits per heavy atom. The van der Waals surface area contributed by atoms with Crippen LogP contribution in [-0.4, -0.2) is 29.0 Å². The number of halogens is 2. The summed E-state index contributed by atoms with van der Waals surface area (Å²) in [5.41, 5.74) is 2.81. The molecule has 7 heteroatoms. The molecule has 0 spiro atoms. The van der Waals surface area contributed by atoms with Crippen LogP contribution in [0.3, 0.4) is 0 Å². The Hall–Kier alpha value is -2.47. The first-order chi connectivity index (χ1) is 14.1. The molecule has 3 aromatic rings. The lowest BCUT2D eigenvalue weighted by molar-refractivity contribution is -0.123. The van der Waals surface area contributed by atoms with Crippen molar-refractivity contribution >= 4 is 29.1 Å². The highest BCUT2D eigenvalue weighted by Crippen LogP contribution is 2.30. The lowest BCUT2D eigenvalue weighted by Gasteiger charge is -2.20. The van der Waals surface area contributed by atoms with Crippen LogP contribution in [0, 0.1) is 0 Å². The molecule has 1 aromatic carbocycles. The van der Waals surface area contributed by atoms with Gasteiger partial charge in [-0.3, -0.25) is 14.8 Å². The van der Waals surface area contributed by atoms with Crippen LogP contribution in [-0.2, 0) is 17.6 Å². The molecule has 0 bridgehead atoms. The number of benzene rings is 1. The number of carbonyl (C=O) groups excluding carboxylic acids is 1. The molecule has 0 saturated carbocycles. The minimum absolute atomic E-state index is 0.149. The van der Waals surface area contributed by atoms with Crippen LogP contribution in [0.4, 0.5) is 0 Å². The number of rotatable bonds is 9. The van der Waals surface area contributed by atoms with Crippen LogP contribution >= 0.6 is 23.2 Å². The van der Waals surface area contributed by atoms with Gasteiger partial charge in [-0.2, -0.15) is 0 Å². The molecule has 0 fully saturated rings. The highest BCUT2D eigenvalue weighted by Gasteiger charge is 2.23. The van der Waals surface area contributed by atoms with Crippen molar-refractivity contribution in [3.05, 3.63) is 94.0 Å². The first-order valence-electron chi connectivity index (χ1n) is 9.38. The first-order valence-corrected chi connectivity index (χ1v) is 10.1. The minimum atomic E-state index is -0.605. The third-order valence-electron chi connectivity index (χ3n) is 4.48. The van der Waals surface area contributed by atoms with Gasteiger partial charge in [0.05, 0.1) is 10.0 Å². The lowest BCUT2D eigenvalue weighted by atomic mass is 10.0. The average Bonchev–Trinajstić information content (AvgIpc) is 2.75. The fourth-order valence-electron chi connectivity index (χ4n) is 2.97. The van der Waals surface area contributed by atoms with Gasteiger partial charge >= 0.3 is 0 Å². The molecular formula is C22H22Cl2N4O. The Bertz CT molecular complexity index is 923. The maximum Gasteiger partial charge on any atom is 0.241 e.